The predicted molar refractivity (Wildman–Crippen MR) is 97.6 cm³/mol. The monoisotopic (exact) mass is 352 g/mol. The quantitative estimate of drug-likeness (QED) is 0.677. The van der Waals surface area contributed by atoms with Crippen LogP contribution in [0.2, 0.25) is 0 Å². The number of hydrogen-bond acceptors (Lipinski definition) is 5. The summed E-state index contributed by atoms with van der Waals surface area (Å²) >= 11 is 0. The lowest BCUT2D eigenvalue weighted by atomic mass is 10.1. The molecule has 0 saturated carbocycles. The molecular formula is C18H20N6O2. The van der Waals surface area contributed by atoms with Crippen LogP contribution in [0.4, 0.5) is 5.69 Å². The molecule has 8 nitrogen and oxygen atoms in total. The Hall–Kier alpha value is -3.29. The van der Waals surface area contributed by atoms with E-state index in [0.29, 0.717) is 37.3 Å². The van der Waals surface area contributed by atoms with Crippen LogP contribution in [0.15, 0.2) is 47.8 Å². The molecule has 2 N–H and O–H groups in total. The second-order valence-electron chi connectivity index (χ2n) is 5.83. The van der Waals surface area contributed by atoms with E-state index in [0.717, 1.165) is 11.3 Å². The number of anilines is 1. The van der Waals surface area contributed by atoms with Crippen molar-refractivity contribution in [2.45, 2.75) is 32.7 Å². The molecule has 0 radical (unpaired) electrons. The fourth-order valence-electron chi connectivity index (χ4n) is 2.54. The number of benzene rings is 1. The zero-order valence-corrected chi connectivity index (χ0v) is 14.5. The van der Waals surface area contributed by atoms with Gasteiger partial charge in [0.2, 0.25) is 5.91 Å². The maximum absolute atomic E-state index is 12.1. The van der Waals surface area contributed by atoms with Gasteiger partial charge in [-0.05, 0) is 25.0 Å². The number of amides is 1. The Kier molecular flexibility index (Phi) is 5.52. The molecule has 0 unspecified atom stereocenters. The maximum atomic E-state index is 12.1. The largest absolute Gasteiger partial charge is 0.326 e. The average molecular weight is 352 g/mol. The van der Waals surface area contributed by atoms with Crippen LogP contribution >= 0.6 is 0 Å². The lowest BCUT2D eigenvalue weighted by molar-refractivity contribution is -0.116. The lowest BCUT2D eigenvalue weighted by Crippen LogP contribution is -2.13. The van der Waals surface area contributed by atoms with Crippen LogP contribution in [-0.4, -0.2) is 30.6 Å². The third-order valence-electron chi connectivity index (χ3n) is 3.83. The Morgan fingerprint density at radius 2 is 2.19 bits per heavy atom. The van der Waals surface area contributed by atoms with Gasteiger partial charge in [-0.1, -0.05) is 19.1 Å². The third-order valence-corrected chi connectivity index (χ3v) is 3.83. The van der Waals surface area contributed by atoms with Gasteiger partial charge in [-0.2, -0.15) is 5.10 Å². The molecule has 0 spiro atoms. The SMILES string of the molecule is CCc1cc(=O)[nH]c(-c2cccc(NC(=O)CCCn3cncn3)c2)n1. The van der Waals surface area contributed by atoms with Gasteiger partial charge in [0.1, 0.15) is 18.5 Å². The van der Waals surface area contributed by atoms with Crippen molar-refractivity contribution in [2.24, 2.45) is 0 Å². The van der Waals surface area contributed by atoms with Gasteiger partial charge in [0, 0.05) is 36.0 Å². The number of H-pyrrole nitrogens is 1. The first kappa shape index (κ1) is 17.5. The zero-order valence-electron chi connectivity index (χ0n) is 14.5. The van der Waals surface area contributed by atoms with Crippen LogP contribution in [-0.2, 0) is 17.8 Å². The van der Waals surface area contributed by atoms with Crippen molar-refractivity contribution in [1.29, 1.82) is 0 Å². The van der Waals surface area contributed by atoms with Crippen molar-refractivity contribution in [3.05, 3.63) is 59.0 Å². The van der Waals surface area contributed by atoms with Crippen LogP contribution in [0.25, 0.3) is 11.4 Å². The number of carbonyl (C=O) groups excluding carboxylic acids is 1. The highest BCUT2D eigenvalue weighted by Crippen LogP contribution is 2.19. The summed E-state index contributed by atoms with van der Waals surface area (Å²) in [5.74, 6) is 0.419. The summed E-state index contributed by atoms with van der Waals surface area (Å²) in [5, 5.41) is 6.87. The van der Waals surface area contributed by atoms with E-state index in [2.05, 4.69) is 25.4 Å². The van der Waals surface area contributed by atoms with E-state index in [1.807, 2.05) is 19.1 Å². The summed E-state index contributed by atoms with van der Waals surface area (Å²) in [6, 6.07) is 8.76. The van der Waals surface area contributed by atoms with Crippen LogP contribution in [0.3, 0.4) is 0 Å². The molecule has 3 aromatic rings. The molecule has 3 rings (SSSR count). The van der Waals surface area contributed by atoms with Crippen LogP contribution in [0.1, 0.15) is 25.5 Å². The van der Waals surface area contributed by atoms with E-state index in [4.69, 9.17) is 0 Å². The molecule has 1 aromatic carbocycles. The van der Waals surface area contributed by atoms with E-state index in [-0.39, 0.29) is 11.5 Å². The Bertz CT molecular complexity index is 933. The summed E-state index contributed by atoms with van der Waals surface area (Å²) in [6.45, 7) is 2.59. The maximum Gasteiger partial charge on any atom is 0.251 e. The van der Waals surface area contributed by atoms with Crippen molar-refractivity contribution in [1.82, 2.24) is 24.7 Å². The van der Waals surface area contributed by atoms with E-state index >= 15 is 0 Å². The van der Waals surface area contributed by atoms with E-state index in [9.17, 15) is 9.59 Å². The topological polar surface area (TPSA) is 106 Å². The highest BCUT2D eigenvalue weighted by Gasteiger charge is 2.07. The van der Waals surface area contributed by atoms with Gasteiger partial charge in [0.25, 0.3) is 5.56 Å². The van der Waals surface area contributed by atoms with Gasteiger partial charge in [-0.3, -0.25) is 14.3 Å². The summed E-state index contributed by atoms with van der Waals surface area (Å²) in [5.41, 5.74) is 1.95. The highest BCUT2D eigenvalue weighted by molar-refractivity contribution is 5.91. The number of aryl methyl sites for hydroxylation is 2. The molecule has 26 heavy (non-hydrogen) atoms. The number of rotatable bonds is 7. The Morgan fingerprint density at radius 1 is 1.31 bits per heavy atom. The minimum absolute atomic E-state index is 0.0778. The van der Waals surface area contributed by atoms with E-state index < -0.39 is 0 Å². The average Bonchev–Trinajstić information content (AvgIpc) is 3.15. The smallest absolute Gasteiger partial charge is 0.251 e. The molecule has 0 aliphatic carbocycles. The van der Waals surface area contributed by atoms with Crippen LogP contribution in [0, 0.1) is 0 Å². The van der Waals surface area contributed by atoms with Gasteiger partial charge < -0.3 is 10.3 Å². The second kappa shape index (κ2) is 8.19. The minimum atomic E-state index is -0.186. The molecule has 134 valence electrons. The standard InChI is InChI=1S/C18H20N6O2/c1-2-14-10-17(26)23-18(22-14)13-5-3-6-15(9-13)21-16(25)7-4-8-24-12-19-11-20-24/h3,5-6,9-12H,2,4,7-8H2,1H3,(H,21,25)(H,22,23,26). The summed E-state index contributed by atoms with van der Waals surface area (Å²) in [4.78, 5) is 34.9. The van der Waals surface area contributed by atoms with Crippen molar-refractivity contribution < 1.29 is 4.79 Å². The predicted octanol–water partition coefficient (Wildman–Crippen LogP) is 2.01. The van der Waals surface area contributed by atoms with Crippen molar-refractivity contribution >= 4 is 11.6 Å². The van der Waals surface area contributed by atoms with Crippen LogP contribution < -0.4 is 10.9 Å². The van der Waals surface area contributed by atoms with E-state index in [1.54, 1.807) is 23.1 Å². The molecule has 0 aliphatic heterocycles. The van der Waals surface area contributed by atoms with Gasteiger partial charge in [0.15, 0.2) is 0 Å². The van der Waals surface area contributed by atoms with Gasteiger partial charge in [0.05, 0.1) is 0 Å². The summed E-state index contributed by atoms with van der Waals surface area (Å²) in [6.07, 6.45) is 4.82. The molecular weight excluding hydrogens is 332 g/mol. The Morgan fingerprint density at radius 3 is 2.96 bits per heavy atom. The molecule has 2 aromatic heterocycles. The lowest BCUT2D eigenvalue weighted by Gasteiger charge is -2.08. The van der Waals surface area contributed by atoms with Crippen molar-refractivity contribution in [3.8, 4) is 11.4 Å². The molecule has 0 aliphatic rings. The zero-order chi connectivity index (χ0) is 18.4. The molecule has 1 amide bonds. The normalized spacial score (nSPS) is 10.7. The first-order valence-electron chi connectivity index (χ1n) is 8.47. The van der Waals surface area contributed by atoms with Crippen molar-refractivity contribution in [2.75, 3.05) is 5.32 Å². The molecule has 8 heteroatoms. The summed E-state index contributed by atoms with van der Waals surface area (Å²) < 4.78 is 1.69. The number of carbonyl (C=O) groups is 1. The molecule has 2 heterocycles. The second-order valence-corrected chi connectivity index (χ2v) is 5.83. The molecule has 0 saturated heterocycles. The Balaban J connectivity index is 1.64. The third kappa shape index (κ3) is 4.62. The van der Waals surface area contributed by atoms with Gasteiger partial charge >= 0.3 is 0 Å². The number of nitrogens with zero attached hydrogens (tertiary/aromatic N) is 4. The molecule has 0 fully saturated rings. The first-order valence-corrected chi connectivity index (χ1v) is 8.47. The first-order chi connectivity index (χ1) is 12.6. The number of hydrogen-bond donors (Lipinski definition) is 2. The minimum Gasteiger partial charge on any atom is -0.326 e. The van der Waals surface area contributed by atoms with Gasteiger partial charge in [-0.15, -0.1) is 0 Å². The number of aromatic nitrogens is 5. The van der Waals surface area contributed by atoms with Gasteiger partial charge in [-0.25, -0.2) is 9.97 Å². The van der Waals surface area contributed by atoms with Crippen molar-refractivity contribution in [3.63, 3.8) is 0 Å². The molecule has 0 bridgehead atoms. The Labute approximate surface area is 150 Å². The van der Waals surface area contributed by atoms with Crippen LogP contribution in [0.5, 0.6) is 0 Å². The fraction of sp³-hybridized carbons (Fsp3) is 0.278. The number of aromatic amines is 1. The highest BCUT2D eigenvalue weighted by atomic mass is 16.1. The summed E-state index contributed by atoms with van der Waals surface area (Å²) in [7, 11) is 0. The number of nitrogens with one attached hydrogen (secondary N) is 2. The van der Waals surface area contributed by atoms with E-state index in [1.165, 1.54) is 12.4 Å². The molecule has 0 atom stereocenters. The fourth-order valence-corrected chi connectivity index (χ4v) is 2.54.